The van der Waals surface area contributed by atoms with Crippen LogP contribution in [0.4, 0.5) is 10.5 Å². The fourth-order valence-corrected chi connectivity index (χ4v) is 3.65. The highest BCUT2D eigenvalue weighted by Gasteiger charge is 2.24. The summed E-state index contributed by atoms with van der Waals surface area (Å²) < 4.78 is 2.14. The highest BCUT2D eigenvalue weighted by atomic mass is 16.2. The summed E-state index contributed by atoms with van der Waals surface area (Å²) in [4.78, 5) is 14.5. The van der Waals surface area contributed by atoms with Crippen molar-refractivity contribution in [1.29, 1.82) is 0 Å². The van der Waals surface area contributed by atoms with Gasteiger partial charge in [0.15, 0.2) is 5.82 Å². The first-order valence-corrected chi connectivity index (χ1v) is 9.05. The summed E-state index contributed by atoms with van der Waals surface area (Å²) in [5.74, 6) is 1.89. The van der Waals surface area contributed by atoms with E-state index in [0.29, 0.717) is 6.54 Å². The number of carbonyl (C=O) groups excluding carboxylic acids is 1. The lowest BCUT2D eigenvalue weighted by molar-refractivity contribution is 0.237. The van der Waals surface area contributed by atoms with E-state index in [-0.39, 0.29) is 12.1 Å². The summed E-state index contributed by atoms with van der Waals surface area (Å²) in [7, 11) is 0. The number of rotatable bonds is 4. The van der Waals surface area contributed by atoms with E-state index in [1.807, 2.05) is 18.2 Å². The van der Waals surface area contributed by atoms with Gasteiger partial charge >= 0.3 is 6.03 Å². The van der Waals surface area contributed by atoms with Crippen molar-refractivity contribution in [2.75, 3.05) is 18.0 Å². The summed E-state index contributed by atoms with van der Waals surface area (Å²) in [6.07, 6.45) is 4.27. The predicted octanol–water partition coefficient (Wildman–Crippen LogP) is 1.69. The lowest BCUT2D eigenvalue weighted by atomic mass is 10.2. The maximum absolute atomic E-state index is 12.2. The first-order valence-electron chi connectivity index (χ1n) is 9.05. The van der Waals surface area contributed by atoms with Crippen molar-refractivity contribution in [3.8, 4) is 0 Å². The van der Waals surface area contributed by atoms with Crippen LogP contribution in [0.3, 0.4) is 0 Å². The molecule has 0 spiro atoms. The smallest absolute Gasteiger partial charge is 0.315 e. The Hall–Kier alpha value is -2.57. The fraction of sp³-hybridized carbons (Fsp3) is 0.500. The number of nitrogens with zero attached hydrogens (tertiary/aromatic N) is 4. The molecular weight excluding hydrogens is 316 g/mol. The van der Waals surface area contributed by atoms with Crippen molar-refractivity contribution in [3.63, 3.8) is 0 Å². The van der Waals surface area contributed by atoms with Gasteiger partial charge in [-0.05, 0) is 31.4 Å². The van der Waals surface area contributed by atoms with E-state index < -0.39 is 0 Å². The molecule has 4 rings (SSSR count). The average molecular weight is 340 g/mol. The van der Waals surface area contributed by atoms with Gasteiger partial charge in [0.2, 0.25) is 0 Å². The van der Waals surface area contributed by atoms with Crippen LogP contribution >= 0.6 is 0 Å². The predicted molar refractivity (Wildman–Crippen MR) is 95.4 cm³/mol. The molecule has 1 saturated heterocycles. The Morgan fingerprint density at radius 3 is 2.92 bits per heavy atom. The van der Waals surface area contributed by atoms with Gasteiger partial charge in [0, 0.05) is 37.8 Å². The number of aromatic nitrogens is 3. The van der Waals surface area contributed by atoms with E-state index in [0.717, 1.165) is 50.5 Å². The Balaban J connectivity index is 1.26. The van der Waals surface area contributed by atoms with Crippen molar-refractivity contribution >= 4 is 11.7 Å². The zero-order chi connectivity index (χ0) is 17.1. The number of para-hydroxylation sites is 1. The molecule has 7 nitrogen and oxygen atoms in total. The van der Waals surface area contributed by atoms with E-state index in [2.05, 4.69) is 42.4 Å². The van der Waals surface area contributed by atoms with E-state index in [9.17, 15) is 4.79 Å². The number of anilines is 1. The van der Waals surface area contributed by atoms with Gasteiger partial charge in [-0.3, -0.25) is 0 Å². The molecule has 0 saturated carbocycles. The van der Waals surface area contributed by atoms with Crippen LogP contribution in [0.5, 0.6) is 0 Å². The summed E-state index contributed by atoms with van der Waals surface area (Å²) in [5.41, 5.74) is 1.21. The standard InChI is InChI=1S/C18H24N6O/c25-18(19-12-17-22-21-16-8-4-5-10-24(16)17)20-14-9-11-23(13-14)15-6-2-1-3-7-15/h1-3,6-7,14H,4-5,8-13H2,(H2,19,20,25). The Kier molecular flexibility index (Phi) is 4.54. The first-order chi connectivity index (χ1) is 12.3. The van der Waals surface area contributed by atoms with Gasteiger partial charge in [-0.2, -0.15) is 0 Å². The van der Waals surface area contributed by atoms with Crippen molar-refractivity contribution in [1.82, 2.24) is 25.4 Å². The third-order valence-electron chi connectivity index (χ3n) is 4.99. The minimum atomic E-state index is -0.131. The summed E-state index contributed by atoms with van der Waals surface area (Å²) in [6.45, 7) is 3.19. The molecule has 7 heteroatoms. The van der Waals surface area contributed by atoms with E-state index in [1.165, 1.54) is 12.1 Å². The maximum atomic E-state index is 12.2. The topological polar surface area (TPSA) is 75.1 Å². The number of aryl methyl sites for hydroxylation is 1. The molecular formula is C18H24N6O. The largest absolute Gasteiger partial charge is 0.369 e. The molecule has 2 aliphatic heterocycles. The molecule has 132 valence electrons. The molecule has 2 N–H and O–H groups in total. The van der Waals surface area contributed by atoms with Crippen LogP contribution in [0.2, 0.25) is 0 Å². The van der Waals surface area contributed by atoms with Crippen LogP contribution in [0.1, 0.15) is 30.9 Å². The number of amides is 2. The van der Waals surface area contributed by atoms with Crippen LogP contribution < -0.4 is 15.5 Å². The molecule has 1 fully saturated rings. The molecule has 1 aromatic heterocycles. The second-order valence-corrected chi connectivity index (χ2v) is 6.74. The zero-order valence-electron chi connectivity index (χ0n) is 14.3. The second-order valence-electron chi connectivity index (χ2n) is 6.74. The molecule has 3 heterocycles. The van der Waals surface area contributed by atoms with Crippen molar-refractivity contribution in [2.45, 2.75) is 44.8 Å². The molecule has 0 bridgehead atoms. The SMILES string of the molecule is O=C(NCc1nnc2n1CCCC2)NC1CCN(c2ccccc2)C1. The van der Waals surface area contributed by atoms with E-state index >= 15 is 0 Å². The van der Waals surface area contributed by atoms with Gasteiger partial charge in [-0.1, -0.05) is 18.2 Å². The summed E-state index contributed by atoms with van der Waals surface area (Å²) in [5, 5.41) is 14.4. The van der Waals surface area contributed by atoms with Gasteiger partial charge < -0.3 is 20.1 Å². The van der Waals surface area contributed by atoms with Crippen molar-refractivity contribution < 1.29 is 4.79 Å². The molecule has 1 unspecified atom stereocenters. The van der Waals surface area contributed by atoms with Crippen molar-refractivity contribution in [3.05, 3.63) is 42.0 Å². The van der Waals surface area contributed by atoms with Gasteiger partial charge in [0.25, 0.3) is 0 Å². The Labute approximate surface area is 147 Å². The number of urea groups is 1. The zero-order valence-corrected chi connectivity index (χ0v) is 14.3. The van der Waals surface area contributed by atoms with Crippen LogP contribution in [-0.4, -0.2) is 39.9 Å². The number of hydrogen-bond donors (Lipinski definition) is 2. The van der Waals surface area contributed by atoms with Crippen LogP contribution in [0, 0.1) is 0 Å². The highest BCUT2D eigenvalue weighted by Crippen LogP contribution is 2.19. The fourth-order valence-electron chi connectivity index (χ4n) is 3.65. The number of nitrogens with one attached hydrogen (secondary N) is 2. The quantitative estimate of drug-likeness (QED) is 0.888. The minimum absolute atomic E-state index is 0.131. The number of hydrogen-bond acceptors (Lipinski definition) is 4. The minimum Gasteiger partial charge on any atom is -0.369 e. The molecule has 25 heavy (non-hydrogen) atoms. The van der Waals surface area contributed by atoms with Crippen LogP contribution in [0.15, 0.2) is 30.3 Å². The van der Waals surface area contributed by atoms with Gasteiger partial charge in [0.1, 0.15) is 5.82 Å². The molecule has 2 aromatic rings. The lowest BCUT2D eigenvalue weighted by Gasteiger charge is -2.19. The van der Waals surface area contributed by atoms with Crippen LogP contribution in [-0.2, 0) is 19.5 Å². The Bertz CT molecular complexity index is 728. The average Bonchev–Trinajstić information content (AvgIpc) is 3.28. The van der Waals surface area contributed by atoms with Crippen molar-refractivity contribution in [2.24, 2.45) is 0 Å². The molecule has 0 radical (unpaired) electrons. The maximum Gasteiger partial charge on any atom is 0.315 e. The number of carbonyl (C=O) groups is 1. The monoisotopic (exact) mass is 340 g/mol. The third kappa shape index (κ3) is 3.60. The summed E-state index contributed by atoms with van der Waals surface area (Å²) in [6, 6.07) is 10.4. The molecule has 2 amide bonds. The molecule has 1 atom stereocenters. The normalized spacial score (nSPS) is 19.5. The Morgan fingerprint density at radius 2 is 2.04 bits per heavy atom. The molecule has 0 aliphatic carbocycles. The van der Waals surface area contributed by atoms with Gasteiger partial charge in [-0.25, -0.2) is 4.79 Å². The molecule has 1 aromatic carbocycles. The Morgan fingerprint density at radius 1 is 1.16 bits per heavy atom. The van der Waals surface area contributed by atoms with Gasteiger partial charge in [0.05, 0.1) is 6.54 Å². The van der Waals surface area contributed by atoms with Crippen LogP contribution in [0.25, 0.3) is 0 Å². The third-order valence-corrected chi connectivity index (χ3v) is 4.99. The molecule has 2 aliphatic rings. The van der Waals surface area contributed by atoms with E-state index in [4.69, 9.17) is 0 Å². The van der Waals surface area contributed by atoms with Gasteiger partial charge in [-0.15, -0.1) is 10.2 Å². The highest BCUT2D eigenvalue weighted by molar-refractivity contribution is 5.74. The number of benzene rings is 1. The van der Waals surface area contributed by atoms with E-state index in [1.54, 1.807) is 0 Å². The summed E-state index contributed by atoms with van der Waals surface area (Å²) >= 11 is 0. The number of fused-ring (bicyclic) bond motifs is 1. The first kappa shape index (κ1) is 15.9. The lowest BCUT2D eigenvalue weighted by Crippen LogP contribution is -2.43. The second kappa shape index (κ2) is 7.13.